The van der Waals surface area contributed by atoms with Crippen LogP contribution in [0.5, 0.6) is 0 Å². The topological polar surface area (TPSA) is 65.2 Å². The van der Waals surface area contributed by atoms with Gasteiger partial charge in [0.2, 0.25) is 0 Å². The smallest absolute Gasteiger partial charge is 0.129 e. The van der Waals surface area contributed by atoms with Gasteiger partial charge in [0.15, 0.2) is 0 Å². The van der Waals surface area contributed by atoms with E-state index in [0.717, 1.165) is 5.56 Å². The highest BCUT2D eigenvalue weighted by Crippen LogP contribution is 2.38. The monoisotopic (exact) mass is 286 g/mol. The molecule has 1 rings (SSSR count). The molecule has 0 aliphatic carbocycles. The minimum Gasteiger partial charge on any atom is -0.467 e. The summed E-state index contributed by atoms with van der Waals surface area (Å²) in [5.74, 6) is 0.688. The van der Waals surface area contributed by atoms with Crippen LogP contribution in [0, 0.1) is 0 Å². The highest BCUT2D eigenvalue weighted by Gasteiger charge is 2.37. The van der Waals surface area contributed by atoms with Crippen molar-refractivity contribution in [3.8, 4) is 0 Å². The van der Waals surface area contributed by atoms with Crippen molar-refractivity contribution < 1.29 is 4.42 Å². The molecule has 0 saturated heterocycles. The number of hydrogen-bond acceptors (Lipinski definition) is 3. The molecule has 0 spiro atoms. The zero-order chi connectivity index (χ0) is 15.9. The van der Waals surface area contributed by atoms with Crippen molar-refractivity contribution >= 4 is 0 Å². The molecule has 3 nitrogen and oxygen atoms in total. The summed E-state index contributed by atoms with van der Waals surface area (Å²) < 4.78 is 5.70. The first-order valence-electron chi connectivity index (χ1n) is 7.07. The van der Waals surface area contributed by atoms with Gasteiger partial charge in [-0.1, -0.05) is 24.3 Å². The molecule has 3 heteroatoms. The van der Waals surface area contributed by atoms with Crippen LogP contribution in [0.25, 0.3) is 0 Å². The molecule has 1 aromatic heterocycles. The Morgan fingerprint density at radius 3 is 1.71 bits per heavy atom. The molecule has 1 aromatic rings. The van der Waals surface area contributed by atoms with E-state index in [-0.39, 0.29) is 0 Å². The Hall–Kier alpha value is -1.84. The molecular formula is C18H26N2O. The van der Waals surface area contributed by atoms with Gasteiger partial charge in [0.05, 0.1) is 17.3 Å². The molecule has 1 heterocycles. The van der Waals surface area contributed by atoms with Gasteiger partial charge in [0, 0.05) is 5.56 Å². The predicted molar refractivity (Wildman–Crippen MR) is 89.7 cm³/mol. The van der Waals surface area contributed by atoms with Crippen molar-refractivity contribution in [1.82, 2.24) is 0 Å². The zero-order valence-corrected chi connectivity index (χ0v) is 12.7. The summed E-state index contributed by atoms with van der Waals surface area (Å²) in [6.07, 6.45) is 11.2. The van der Waals surface area contributed by atoms with Crippen LogP contribution in [0.2, 0.25) is 0 Å². The molecule has 4 N–H and O–H groups in total. The zero-order valence-electron chi connectivity index (χ0n) is 12.7. The van der Waals surface area contributed by atoms with Gasteiger partial charge in [-0.2, -0.15) is 0 Å². The lowest BCUT2D eigenvalue weighted by molar-refractivity contribution is 0.326. The third-order valence-electron chi connectivity index (χ3n) is 3.69. The third-order valence-corrected chi connectivity index (χ3v) is 3.69. The van der Waals surface area contributed by atoms with Crippen LogP contribution in [-0.2, 0) is 11.1 Å². The summed E-state index contributed by atoms with van der Waals surface area (Å²) in [4.78, 5) is 0. The second-order valence-corrected chi connectivity index (χ2v) is 5.45. The Bertz CT molecular complexity index is 449. The van der Waals surface area contributed by atoms with Crippen LogP contribution in [0.3, 0.4) is 0 Å². The van der Waals surface area contributed by atoms with Crippen LogP contribution < -0.4 is 11.5 Å². The van der Waals surface area contributed by atoms with E-state index in [0.29, 0.717) is 31.4 Å². The Morgan fingerprint density at radius 1 is 0.857 bits per heavy atom. The molecule has 114 valence electrons. The number of furan rings is 1. The van der Waals surface area contributed by atoms with Crippen LogP contribution >= 0.6 is 0 Å². The quantitative estimate of drug-likeness (QED) is 0.641. The first-order chi connectivity index (χ1) is 9.97. The molecule has 0 unspecified atom stereocenters. The van der Waals surface area contributed by atoms with E-state index in [9.17, 15) is 0 Å². The van der Waals surface area contributed by atoms with Gasteiger partial charge in [-0.15, -0.1) is 26.3 Å². The van der Waals surface area contributed by atoms with Crippen molar-refractivity contribution in [2.45, 2.75) is 36.8 Å². The summed E-state index contributed by atoms with van der Waals surface area (Å²) in [5, 5.41) is 0. The summed E-state index contributed by atoms with van der Waals surface area (Å²) in [6, 6.07) is 1.89. The molecule has 0 saturated carbocycles. The van der Waals surface area contributed by atoms with Crippen molar-refractivity contribution in [3.63, 3.8) is 0 Å². The fourth-order valence-electron chi connectivity index (χ4n) is 2.69. The lowest BCUT2D eigenvalue weighted by atomic mass is 9.78. The van der Waals surface area contributed by atoms with E-state index in [1.165, 1.54) is 0 Å². The normalized spacial score (nSPS) is 11.9. The van der Waals surface area contributed by atoms with Crippen molar-refractivity contribution in [2.24, 2.45) is 11.5 Å². The largest absolute Gasteiger partial charge is 0.467 e. The average Bonchev–Trinajstić information content (AvgIpc) is 2.90. The second-order valence-electron chi connectivity index (χ2n) is 5.45. The van der Waals surface area contributed by atoms with Crippen LogP contribution in [-0.4, -0.2) is 0 Å². The summed E-state index contributed by atoms with van der Waals surface area (Å²) in [5.41, 5.74) is 12.7. The molecule has 0 aliphatic rings. The maximum atomic E-state index is 6.56. The maximum absolute atomic E-state index is 6.56. The third kappa shape index (κ3) is 3.63. The first-order valence-corrected chi connectivity index (χ1v) is 7.07. The van der Waals surface area contributed by atoms with Crippen molar-refractivity contribution in [2.75, 3.05) is 0 Å². The van der Waals surface area contributed by atoms with Crippen LogP contribution in [0.15, 0.2) is 67.4 Å². The number of hydrogen-bond donors (Lipinski definition) is 2. The van der Waals surface area contributed by atoms with E-state index in [1.807, 2.05) is 6.07 Å². The fraction of sp³-hybridized carbons (Fsp3) is 0.333. The maximum Gasteiger partial charge on any atom is 0.129 e. The molecule has 21 heavy (non-hydrogen) atoms. The van der Waals surface area contributed by atoms with Crippen molar-refractivity contribution in [1.29, 1.82) is 0 Å². The highest BCUT2D eigenvalue weighted by molar-refractivity contribution is 5.34. The van der Waals surface area contributed by atoms with E-state index in [4.69, 9.17) is 15.9 Å². The average molecular weight is 286 g/mol. The van der Waals surface area contributed by atoms with Crippen LogP contribution in [0.4, 0.5) is 0 Å². The second kappa shape index (κ2) is 7.25. The molecule has 0 fully saturated rings. The number of nitrogens with two attached hydrogens (primary N) is 2. The summed E-state index contributed by atoms with van der Waals surface area (Å²) in [7, 11) is 0. The minimum atomic E-state index is -0.685. The molecule has 0 bridgehead atoms. The summed E-state index contributed by atoms with van der Waals surface area (Å²) >= 11 is 0. The highest BCUT2D eigenvalue weighted by atomic mass is 16.3. The van der Waals surface area contributed by atoms with Gasteiger partial charge < -0.3 is 15.9 Å². The van der Waals surface area contributed by atoms with Gasteiger partial charge in [-0.25, -0.2) is 0 Å². The Labute approximate surface area is 127 Å². The van der Waals surface area contributed by atoms with Gasteiger partial charge in [-0.3, -0.25) is 0 Å². The van der Waals surface area contributed by atoms with Gasteiger partial charge >= 0.3 is 0 Å². The molecule has 0 aliphatic heterocycles. The molecule has 0 amide bonds. The van der Waals surface area contributed by atoms with E-state index < -0.39 is 11.1 Å². The van der Waals surface area contributed by atoms with E-state index in [2.05, 4.69) is 26.3 Å². The lowest BCUT2D eigenvalue weighted by Gasteiger charge is -2.33. The lowest BCUT2D eigenvalue weighted by Crippen LogP contribution is -2.42. The van der Waals surface area contributed by atoms with Gasteiger partial charge in [0.25, 0.3) is 0 Å². The molecule has 0 atom stereocenters. The Kier molecular flexibility index (Phi) is 5.94. The van der Waals surface area contributed by atoms with Crippen LogP contribution in [0.1, 0.15) is 37.0 Å². The standard InChI is InChI=1S/C18H26N2O/c1-5-10-17(19,11-6-2)15-9-14-21-16(15)18(20,12-7-3)13-8-4/h5-9,14H,1-4,10-13,19-20H2. The van der Waals surface area contributed by atoms with E-state index >= 15 is 0 Å². The molecule has 0 radical (unpaired) electrons. The molecular weight excluding hydrogens is 260 g/mol. The summed E-state index contributed by atoms with van der Waals surface area (Å²) in [6.45, 7) is 15.2. The number of rotatable bonds is 10. The Morgan fingerprint density at radius 2 is 1.29 bits per heavy atom. The molecule has 0 aromatic carbocycles. The predicted octanol–water partition coefficient (Wildman–Crippen LogP) is 3.89. The minimum absolute atomic E-state index is 0.581. The van der Waals surface area contributed by atoms with Crippen molar-refractivity contribution in [3.05, 3.63) is 74.3 Å². The first kappa shape index (κ1) is 17.2. The SMILES string of the molecule is C=CCC(N)(CC=C)c1ccoc1C(N)(CC=C)CC=C. The fourth-order valence-corrected chi connectivity index (χ4v) is 2.69. The van der Waals surface area contributed by atoms with Gasteiger partial charge in [0.1, 0.15) is 5.76 Å². The van der Waals surface area contributed by atoms with E-state index in [1.54, 1.807) is 30.6 Å². The Balaban J connectivity index is 3.36. The van der Waals surface area contributed by atoms with Gasteiger partial charge in [-0.05, 0) is 31.7 Å².